The molecule has 0 radical (unpaired) electrons. The van der Waals surface area contributed by atoms with Gasteiger partial charge in [0.2, 0.25) is 0 Å². The molecule has 7 heteroatoms. The lowest BCUT2D eigenvalue weighted by Gasteiger charge is -2.09. The number of halogens is 1. The van der Waals surface area contributed by atoms with E-state index in [1.807, 2.05) is 24.3 Å². The van der Waals surface area contributed by atoms with Gasteiger partial charge in [-0.1, -0.05) is 18.2 Å². The first-order valence-electron chi connectivity index (χ1n) is 8.51. The molecule has 0 fully saturated rings. The van der Waals surface area contributed by atoms with Crippen molar-refractivity contribution in [3.8, 4) is 22.1 Å². The van der Waals surface area contributed by atoms with E-state index in [1.165, 1.54) is 17.4 Å². The summed E-state index contributed by atoms with van der Waals surface area (Å²) in [4.78, 5) is 16.1. The van der Waals surface area contributed by atoms with E-state index in [0.29, 0.717) is 29.5 Å². The molecule has 144 valence electrons. The fourth-order valence-electron chi connectivity index (χ4n) is 2.45. The standard InChI is InChI=1S/C21H19FN2O3S/c1-3-9-23-20(25)19-13-28-21(24-19)17-8-7-16(11-18(17)22)27-12-14-5-4-6-15(10-14)26-2/h3-8,10-11,13H,1,9,12H2,2H3,(H,23,25). The number of nitrogens with one attached hydrogen (secondary N) is 1. The molecule has 0 aliphatic heterocycles. The minimum Gasteiger partial charge on any atom is -0.497 e. The zero-order valence-corrected chi connectivity index (χ0v) is 16.1. The monoisotopic (exact) mass is 398 g/mol. The molecule has 1 aromatic heterocycles. The van der Waals surface area contributed by atoms with Crippen LogP contribution in [0.25, 0.3) is 10.6 Å². The molecular formula is C21H19FN2O3S. The number of hydrogen-bond donors (Lipinski definition) is 1. The van der Waals surface area contributed by atoms with Crippen molar-refractivity contribution in [2.75, 3.05) is 13.7 Å². The van der Waals surface area contributed by atoms with Gasteiger partial charge in [0.15, 0.2) is 0 Å². The Kier molecular flexibility index (Phi) is 6.39. The third kappa shape index (κ3) is 4.75. The van der Waals surface area contributed by atoms with Gasteiger partial charge in [-0.3, -0.25) is 4.79 Å². The van der Waals surface area contributed by atoms with E-state index >= 15 is 0 Å². The lowest BCUT2D eigenvalue weighted by atomic mass is 10.2. The number of nitrogens with zero attached hydrogens (tertiary/aromatic N) is 1. The Morgan fingerprint density at radius 3 is 2.89 bits per heavy atom. The van der Waals surface area contributed by atoms with Crippen LogP contribution >= 0.6 is 11.3 Å². The van der Waals surface area contributed by atoms with Gasteiger partial charge < -0.3 is 14.8 Å². The molecule has 1 heterocycles. The molecule has 1 amide bonds. The van der Waals surface area contributed by atoms with Gasteiger partial charge in [-0.2, -0.15) is 0 Å². The van der Waals surface area contributed by atoms with Gasteiger partial charge in [0.05, 0.1) is 7.11 Å². The molecule has 1 N–H and O–H groups in total. The van der Waals surface area contributed by atoms with E-state index < -0.39 is 5.82 Å². The van der Waals surface area contributed by atoms with Crippen molar-refractivity contribution in [3.63, 3.8) is 0 Å². The van der Waals surface area contributed by atoms with E-state index in [9.17, 15) is 9.18 Å². The van der Waals surface area contributed by atoms with Crippen LogP contribution < -0.4 is 14.8 Å². The Morgan fingerprint density at radius 1 is 1.29 bits per heavy atom. The van der Waals surface area contributed by atoms with Crippen molar-refractivity contribution in [2.45, 2.75) is 6.61 Å². The summed E-state index contributed by atoms with van der Waals surface area (Å²) in [6, 6.07) is 12.1. The number of rotatable bonds is 8. The fourth-order valence-corrected chi connectivity index (χ4v) is 3.27. The van der Waals surface area contributed by atoms with Crippen LogP contribution in [-0.2, 0) is 6.61 Å². The summed E-state index contributed by atoms with van der Waals surface area (Å²) < 4.78 is 25.4. The maximum Gasteiger partial charge on any atom is 0.271 e. The van der Waals surface area contributed by atoms with Crippen molar-refractivity contribution >= 4 is 17.2 Å². The van der Waals surface area contributed by atoms with E-state index in [-0.39, 0.29) is 11.6 Å². The molecule has 28 heavy (non-hydrogen) atoms. The minimum atomic E-state index is -0.462. The van der Waals surface area contributed by atoms with E-state index in [2.05, 4.69) is 16.9 Å². The number of ether oxygens (including phenoxy) is 2. The van der Waals surface area contributed by atoms with Crippen molar-refractivity contribution in [1.82, 2.24) is 10.3 Å². The maximum absolute atomic E-state index is 14.5. The van der Waals surface area contributed by atoms with Crippen molar-refractivity contribution in [3.05, 3.63) is 77.6 Å². The number of hydrogen-bond acceptors (Lipinski definition) is 5. The Balaban J connectivity index is 1.69. The molecule has 0 aliphatic rings. The number of amides is 1. The van der Waals surface area contributed by atoms with Crippen LogP contribution in [0.5, 0.6) is 11.5 Å². The SMILES string of the molecule is C=CCNC(=O)c1csc(-c2ccc(OCc3cccc(OC)c3)cc2F)n1. The second kappa shape index (κ2) is 9.14. The quantitative estimate of drug-likeness (QED) is 0.570. The van der Waals surface area contributed by atoms with Gasteiger partial charge in [-0.25, -0.2) is 9.37 Å². The second-order valence-electron chi connectivity index (χ2n) is 5.82. The maximum atomic E-state index is 14.5. The highest BCUT2D eigenvalue weighted by molar-refractivity contribution is 7.13. The van der Waals surface area contributed by atoms with Gasteiger partial charge in [-0.15, -0.1) is 17.9 Å². The zero-order chi connectivity index (χ0) is 19.9. The molecular weight excluding hydrogens is 379 g/mol. The Morgan fingerprint density at radius 2 is 2.14 bits per heavy atom. The first-order chi connectivity index (χ1) is 13.6. The van der Waals surface area contributed by atoms with E-state index in [4.69, 9.17) is 9.47 Å². The van der Waals surface area contributed by atoms with Crippen molar-refractivity contribution in [2.24, 2.45) is 0 Å². The summed E-state index contributed by atoms with van der Waals surface area (Å²) in [6.45, 7) is 4.18. The number of thiazole rings is 1. The van der Waals surface area contributed by atoms with Gasteiger partial charge >= 0.3 is 0 Å². The zero-order valence-electron chi connectivity index (χ0n) is 15.3. The number of carbonyl (C=O) groups is 1. The summed E-state index contributed by atoms with van der Waals surface area (Å²) in [6.07, 6.45) is 1.58. The predicted octanol–water partition coefficient (Wildman–Crippen LogP) is 4.45. The normalized spacial score (nSPS) is 10.4. The molecule has 3 rings (SSSR count). The van der Waals surface area contributed by atoms with Gasteiger partial charge in [0.1, 0.15) is 34.6 Å². The van der Waals surface area contributed by atoms with Crippen LogP contribution in [0.3, 0.4) is 0 Å². The average molecular weight is 398 g/mol. The van der Waals surface area contributed by atoms with Crippen molar-refractivity contribution < 1.29 is 18.7 Å². The fraction of sp³-hybridized carbons (Fsp3) is 0.143. The van der Waals surface area contributed by atoms with Gasteiger partial charge in [0.25, 0.3) is 5.91 Å². The summed E-state index contributed by atoms with van der Waals surface area (Å²) in [5, 5.41) is 4.67. The van der Waals surface area contributed by atoms with Gasteiger partial charge in [-0.05, 0) is 29.8 Å². The van der Waals surface area contributed by atoms with Crippen LogP contribution in [0.4, 0.5) is 4.39 Å². The molecule has 0 unspecified atom stereocenters. The molecule has 2 aromatic carbocycles. The smallest absolute Gasteiger partial charge is 0.271 e. The average Bonchev–Trinajstić information content (AvgIpc) is 3.20. The highest BCUT2D eigenvalue weighted by atomic mass is 32.1. The van der Waals surface area contributed by atoms with Crippen LogP contribution in [0.2, 0.25) is 0 Å². The highest BCUT2D eigenvalue weighted by Gasteiger charge is 2.14. The van der Waals surface area contributed by atoms with Crippen LogP contribution in [-0.4, -0.2) is 24.5 Å². The second-order valence-corrected chi connectivity index (χ2v) is 6.68. The molecule has 3 aromatic rings. The number of methoxy groups -OCH3 is 1. The highest BCUT2D eigenvalue weighted by Crippen LogP contribution is 2.29. The predicted molar refractivity (Wildman–Crippen MR) is 107 cm³/mol. The third-order valence-corrected chi connectivity index (χ3v) is 4.73. The number of benzene rings is 2. The lowest BCUT2D eigenvalue weighted by molar-refractivity contribution is 0.0954. The molecule has 0 atom stereocenters. The first-order valence-corrected chi connectivity index (χ1v) is 9.39. The Hall–Kier alpha value is -3.19. The van der Waals surface area contributed by atoms with Gasteiger partial charge in [0, 0.05) is 23.6 Å². The van der Waals surface area contributed by atoms with Crippen LogP contribution in [0.15, 0.2) is 60.5 Å². The molecule has 0 bridgehead atoms. The Labute approximate surface area is 166 Å². The summed E-state index contributed by atoms with van der Waals surface area (Å²) >= 11 is 1.21. The third-order valence-electron chi connectivity index (χ3n) is 3.85. The summed E-state index contributed by atoms with van der Waals surface area (Å²) in [5.74, 6) is 0.362. The number of aromatic nitrogens is 1. The summed E-state index contributed by atoms with van der Waals surface area (Å²) in [7, 11) is 1.60. The number of carbonyl (C=O) groups excluding carboxylic acids is 1. The van der Waals surface area contributed by atoms with E-state index in [0.717, 1.165) is 11.3 Å². The molecule has 5 nitrogen and oxygen atoms in total. The van der Waals surface area contributed by atoms with Crippen LogP contribution in [0.1, 0.15) is 16.1 Å². The lowest BCUT2D eigenvalue weighted by Crippen LogP contribution is -2.23. The van der Waals surface area contributed by atoms with E-state index in [1.54, 1.807) is 30.7 Å². The van der Waals surface area contributed by atoms with Crippen molar-refractivity contribution in [1.29, 1.82) is 0 Å². The topological polar surface area (TPSA) is 60.5 Å². The molecule has 0 saturated carbocycles. The van der Waals surface area contributed by atoms with Crippen LogP contribution in [0, 0.1) is 5.82 Å². The first kappa shape index (κ1) is 19.6. The summed E-state index contributed by atoms with van der Waals surface area (Å²) in [5.41, 5.74) is 1.49. The molecule has 0 saturated heterocycles. The largest absolute Gasteiger partial charge is 0.497 e. The molecule has 0 aliphatic carbocycles. The molecule has 0 spiro atoms. The minimum absolute atomic E-state index is 0.250. The Bertz CT molecular complexity index is 987.